The number of anilines is 2. The summed E-state index contributed by atoms with van der Waals surface area (Å²) in [4.78, 5) is 29.3. The maximum absolute atomic E-state index is 12.5. The predicted octanol–water partition coefficient (Wildman–Crippen LogP) is 3.01. The highest BCUT2D eigenvalue weighted by Crippen LogP contribution is 2.27. The number of carbonyl (C=O) groups excluding carboxylic acids is 2. The van der Waals surface area contributed by atoms with E-state index in [1.807, 2.05) is 30.5 Å². The third-order valence-corrected chi connectivity index (χ3v) is 6.49. The molecular formula is C25H31N5O3. The summed E-state index contributed by atoms with van der Waals surface area (Å²) in [6.07, 6.45) is 2.35. The van der Waals surface area contributed by atoms with Crippen molar-refractivity contribution in [2.24, 2.45) is 5.92 Å². The van der Waals surface area contributed by atoms with Crippen LogP contribution in [0.3, 0.4) is 0 Å². The molecule has 0 spiro atoms. The number of fused-ring (bicyclic) bond motifs is 1. The Morgan fingerprint density at radius 2 is 1.85 bits per heavy atom. The third kappa shape index (κ3) is 4.85. The number of nitrogens with zero attached hydrogens (tertiary/aromatic N) is 2. The molecule has 0 bridgehead atoms. The molecule has 0 saturated heterocycles. The number of aliphatic hydroxyl groups is 1. The smallest absolute Gasteiger partial charge is 0.243 e. The largest absolute Gasteiger partial charge is 0.393 e. The molecule has 4 rings (SSSR count). The minimum absolute atomic E-state index is 0.115. The van der Waals surface area contributed by atoms with Gasteiger partial charge in [0.05, 0.1) is 29.7 Å². The molecule has 0 atom stereocenters. The number of aliphatic hydroxyl groups excluding tert-OH is 1. The van der Waals surface area contributed by atoms with E-state index in [-0.39, 0.29) is 24.3 Å². The highest BCUT2D eigenvalue weighted by molar-refractivity contribution is 5.95. The van der Waals surface area contributed by atoms with Crippen LogP contribution in [0.4, 0.5) is 11.4 Å². The number of nitrogens with one attached hydrogen (secondary N) is 3. The number of aryl methyl sites for hydroxylation is 4. The van der Waals surface area contributed by atoms with Gasteiger partial charge in [-0.2, -0.15) is 0 Å². The number of benzene rings is 1. The summed E-state index contributed by atoms with van der Waals surface area (Å²) >= 11 is 0. The van der Waals surface area contributed by atoms with Gasteiger partial charge in [0.1, 0.15) is 0 Å². The second kappa shape index (κ2) is 9.23. The molecule has 1 aromatic carbocycles. The van der Waals surface area contributed by atoms with E-state index in [9.17, 15) is 14.7 Å². The van der Waals surface area contributed by atoms with Crippen LogP contribution in [-0.4, -0.2) is 39.0 Å². The van der Waals surface area contributed by atoms with Crippen molar-refractivity contribution in [3.8, 4) is 0 Å². The number of pyridine rings is 1. The number of carbonyl (C=O) groups is 2. The summed E-state index contributed by atoms with van der Waals surface area (Å²) in [6, 6.07) is 8.11. The molecule has 1 aliphatic rings. The zero-order valence-corrected chi connectivity index (χ0v) is 19.5. The van der Waals surface area contributed by atoms with Crippen molar-refractivity contribution in [2.45, 2.75) is 53.2 Å². The van der Waals surface area contributed by atoms with Gasteiger partial charge in [0, 0.05) is 24.4 Å². The number of imidazole rings is 1. The quantitative estimate of drug-likeness (QED) is 0.444. The van der Waals surface area contributed by atoms with Crippen molar-refractivity contribution in [3.05, 3.63) is 58.5 Å². The fraction of sp³-hybridized carbons (Fsp3) is 0.400. The summed E-state index contributed by atoms with van der Waals surface area (Å²) in [6.45, 7) is 8.67. The Balaban J connectivity index is 1.50. The van der Waals surface area contributed by atoms with Gasteiger partial charge in [0.15, 0.2) is 5.65 Å². The van der Waals surface area contributed by atoms with Crippen LogP contribution in [-0.2, 0) is 16.1 Å². The van der Waals surface area contributed by atoms with Crippen molar-refractivity contribution in [2.75, 3.05) is 17.2 Å². The Hall–Kier alpha value is -3.39. The minimum Gasteiger partial charge on any atom is -0.393 e. The van der Waals surface area contributed by atoms with Crippen molar-refractivity contribution in [1.29, 1.82) is 0 Å². The fourth-order valence-electron chi connectivity index (χ4n) is 4.20. The first-order valence-corrected chi connectivity index (χ1v) is 11.3. The molecule has 0 radical (unpaired) electrons. The third-order valence-electron chi connectivity index (χ3n) is 6.49. The second-order valence-electron chi connectivity index (χ2n) is 8.93. The van der Waals surface area contributed by atoms with Gasteiger partial charge in [-0.15, -0.1) is 0 Å². The Kier molecular flexibility index (Phi) is 6.37. The molecule has 33 heavy (non-hydrogen) atoms. The molecule has 2 heterocycles. The molecule has 0 aliphatic heterocycles. The van der Waals surface area contributed by atoms with Crippen LogP contribution < -0.4 is 16.0 Å². The minimum atomic E-state index is -0.405. The number of amides is 2. The molecule has 1 saturated carbocycles. The van der Waals surface area contributed by atoms with Gasteiger partial charge < -0.3 is 25.5 Å². The van der Waals surface area contributed by atoms with Crippen molar-refractivity contribution in [3.63, 3.8) is 0 Å². The van der Waals surface area contributed by atoms with E-state index >= 15 is 0 Å². The van der Waals surface area contributed by atoms with E-state index in [4.69, 9.17) is 4.98 Å². The van der Waals surface area contributed by atoms with Gasteiger partial charge in [-0.25, -0.2) is 4.98 Å². The predicted molar refractivity (Wildman–Crippen MR) is 128 cm³/mol. The molecule has 2 amide bonds. The second-order valence-corrected chi connectivity index (χ2v) is 8.93. The normalized spacial score (nSPS) is 17.5. The van der Waals surface area contributed by atoms with Crippen LogP contribution in [0.15, 0.2) is 30.5 Å². The first kappa shape index (κ1) is 22.8. The summed E-state index contributed by atoms with van der Waals surface area (Å²) in [7, 11) is 0. The van der Waals surface area contributed by atoms with Crippen LogP contribution in [0, 0.1) is 33.6 Å². The first-order valence-electron chi connectivity index (χ1n) is 11.3. The van der Waals surface area contributed by atoms with Gasteiger partial charge in [-0.05, 0) is 63.3 Å². The lowest BCUT2D eigenvalue weighted by Crippen LogP contribution is -2.43. The maximum atomic E-state index is 12.5. The van der Waals surface area contributed by atoms with E-state index in [0.29, 0.717) is 25.1 Å². The van der Waals surface area contributed by atoms with Gasteiger partial charge in [0.25, 0.3) is 0 Å². The molecular weight excluding hydrogens is 418 g/mol. The van der Waals surface area contributed by atoms with Gasteiger partial charge >= 0.3 is 0 Å². The number of hydrogen-bond acceptors (Lipinski definition) is 5. The summed E-state index contributed by atoms with van der Waals surface area (Å²) in [5, 5.41) is 18.4. The van der Waals surface area contributed by atoms with Crippen molar-refractivity contribution < 1.29 is 14.7 Å². The SMILES string of the molecule is Cc1cccc(C)c1CNc1cc(NC(=O)CNC(=O)C2CC(O)C2)cn2c(C)c(C)nc12. The molecule has 1 aliphatic carbocycles. The van der Waals surface area contributed by atoms with Crippen LogP contribution >= 0.6 is 0 Å². The number of rotatable bonds is 7. The van der Waals surface area contributed by atoms with E-state index < -0.39 is 6.10 Å². The standard InChI is InChI=1S/C25H31N5O3/c1-14-6-5-7-15(2)21(14)11-26-22-10-19(13-30-17(4)16(3)28-24(22)30)29-23(32)12-27-25(33)18-8-20(31)9-18/h5-7,10,13,18,20,26,31H,8-9,11-12H2,1-4H3,(H,27,33)(H,29,32). The maximum Gasteiger partial charge on any atom is 0.243 e. The van der Waals surface area contributed by atoms with E-state index in [1.165, 1.54) is 16.7 Å². The molecule has 1 fully saturated rings. The van der Waals surface area contributed by atoms with Gasteiger partial charge in [-0.3, -0.25) is 9.59 Å². The van der Waals surface area contributed by atoms with Crippen LogP contribution in [0.5, 0.6) is 0 Å². The zero-order chi connectivity index (χ0) is 23.7. The Bertz CT molecular complexity index is 1190. The first-order chi connectivity index (χ1) is 15.7. The van der Waals surface area contributed by atoms with Crippen LogP contribution in [0.1, 0.15) is 40.9 Å². The molecule has 2 aromatic heterocycles. The lowest BCUT2D eigenvalue weighted by Gasteiger charge is -2.29. The summed E-state index contributed by atoms with van der Waals surface area (Å²) < 4.78 is 1.96. The highest BCUT2D eigenvalue weighted by Gasteiger charge is 2.33. The number of aromatic nitrogens is 2. The van der Waals surface area contributed by atoms with Crippen molar-refractivity contribution >= 4 is 28.8 Å². The summed E-state index contributed by atoms with van der Waals surface area (Å²) in [5.74, 6) is -0.706. The topological polar surface area (TPSA) is 108 Å². The Morgan fingerprint density at radius 1 is 1.15 bits per heavy atom. The molecule has 0 unspecified atom stereocenters. The molecule has 8 heteroatoms. The van der Waals surface area contributed by atoms with Crippen LogP contribution in [0.2, 0.25) is 0 Å². The molecule has 174 valence electrons. The zero-order valence-electron chi connectivity index (χ0n) is 19.5. The Labute approximate surface area is 193 Å². The highest BCUT2D eigenvalue weighted by atomic mass is 16.3. The molecule has 8 nitrogen and oxygen atoms in total. The summed E-state index contributed by atoms with van der Waals surface area (Å²) in [5.41, 5.74) is 7.81. The average molecular weight is 450 g/mol. The lowest BCUT2D eigenvalue weighted by atomic mass is 9.82. The fourth-order valence-corrected chi connectivity index (χ4v) is 4.20. The molecule has 4 N–H and O–H groups in total. The number of hydrogen-bond donors (Lipinski definition) is 4. The van der Waals surface area contributed by atoms with Crippen LogP contribution in [0.25, 0.3) is 5.65 Å². The van der Waals surface area contributed by atoms with E-state index in [1.54, 1.807) is 0 Å². The van der Waals surface area contributed by atoms with E-state index in [0.717, 1.165) is 22.7 Å². The average Bonchev–Trinajstić information content (AvgIpc) is 3.03. The molecule has 3 aromatic rings. The monoisotopic (exact) mass is 449 g/mol. The Morgan fingerprint density at radius 3 is 2.52 bits per heavy atom. The lowest BCUT2D eigenvalue weighted by molar-refractivity contribution is -0.132. The van der Waals surface area contributed by atoms with E-state index in [2.05, 4.69) is 48.0 Å². The van der Waals surface area contributed by atoms with Gasteiger partial charge in [0.2, 0.25) is 11.8 Å². The van der Waals surface area contributed by atoms with Crippen molar-refractivity contribution in [1.82, 2.24) is 14.7 Å². The van der Waals surface area contributed by atoms with Gasteiger partial charge in [-0.1, -0.05) is 18.2 Å².